The largest absolute Gasteiger partial charge is 0.463 e. The number of halogens is 1. The van der Waals surface area contributed by atoms with Crippen LogP contribution in [0.5, 0.6) is 0 Å². The monoisotopic (exact) mass is 295 g/mol. The lowest BCUT2D eigenvalue weighted by Gasteiger charge is -2.04. The summed E-state index contributed by atoms with van der Waals surface area (Å²) in [6, 6.07) is 4.47. The van der Waals surface area contributed by atoms with Gasteiger partial charge >= 0.3 is 6.09 Å². The first-order valence-corrected chi connectivity index (χ1v) is 6.10. The fourth-order valence-electron chi connectivity index (χ4n) is 1.59. The van der Waals surface area contributed by atoms with Gasteiger partial charge in [0.25, 0.3) is 5.91 Å². The molecular weight excluding hydrogens is 286 g/mol. The van der Waals surface area contributed by atoms with E-state index in [0.29, 0.717) is 10.6 Å². The van der Waals surface area contributed by atoms with Gasteiger partial charge in [-0.15, -0.1) is 0 Å². The molecule has 0 aliphatic rings. The first kappa shape index (κ1) is 14.1. The molecule has 20 heavy (non-hydrogen) atoms. The van der Waals surface area contributed by atoms with E-state index in [1.165, 1.54) is 12.1 Å². The number of ether oxygens (including phenoxy) is 1. The molecule has 2 aromatic rings. The molecule has 0 bridgehead atoms. The van der Waals surface area contributed by atoms with E-state index in [1.807, 2.05) is 5.32 Å². The minimum Gasteiger partial charge on any atom is -0.463 e. The topological polar surface area (TPSA) is 85.6 Å². The van der Waals surface area contributed by atoms with Crippen molar-refractivity contribution < 1.29 is 18.7 Å². The molecule has 6 nitrogen and oxygen atoms in total. The Morgan fingerprint density at radius 1 is 1.40 bits per heavy atom. The molecule has 1 heterocycles. The molecule has 1 aromatic heterocycles. The molecule has 7 heteroatoms. The van der Waals surface area contributed by atoms with Gasteiger partial charge in [0, 0.05) is 5.02 Å². The number of amides is 2. The number of hydrogen-bond acceptors (Lipinski definition) is 5. The van der Waals surface area contributed by atoms with Crippen molar-refractivity contribution in [2.45, 2.75) is 6.92 Å². The van der Waals surface area contributed by atoms with Gasteiger partial charge in [0.05, 0.1) is 12.0 Å². The highest BCUT2D eigenvalue weighted by atomic mass is 35.5. The molecule has 2 rings (SSSR count). The predicted molar refractivity (Wildman–Crippen MR) is 72.0 cm³/mol. The molecule has 1 N–H and O–H groups in total. The summed E-state index contributed by atoms with van der Waals surface area (Å²) in [7, 11) is 0. The molecule has 0 saturated heterocycles. The zero-order valence-corrected chi connectivity index (χ0v) is 11.2. The van der Waals surface area contributed by atoms with E-state index in [1.54, 1.807) is 13.0 Å². The standard InChI is InChI=1S/C13H10ClNO5/c1-2-19-13(18)15-12(17)9-6-20-10-4-3-7(14)5-8(10)11(9)16/h3-6H,2H2,1H3,(H,15,17,18). The molecule has 0 saturated carbocycles. The van der Waals surface area contributed by atoms with Crippen molar-refractivity contribution in [2.75, 3.05) is 6.61 Å². The smallest absolute Gasteiger partial charge is 0.414 e. The zero-order valence-electron chi connectivity index (χ0n) is 10.4. The van der Waals surface area contributed by atoms with Crippen molar-refractivity contribution in [1.29, 1.82) is 0 Å². The first-order chi connectivity index (χ1) is 9.52. The minimum atomic E-state index is -0.928. The third-order valence-corrected chi connectivity index (χ3v) is 2.71. The van der Waals surface area contributed by atoms with Crippen molar-refractivity contribution in [3.8, 4) is 0 Å². The van der Waals surface area contributed by atoms with Crippen LogP contribution in [0.4, 0.5) is 4.79 Å². The fourth-order valence-corrected chi connectivity index (χ4v) is 1.76. The molecule has 0 unspecified atom stereocenters. The maximum absolute atomic E-state index is 12.1. The third-order valence-electron chi connectivity index (χ3n) is 2.47. The van der Waals surface area contributed by atoms with E-state index in [2.05, 4.69) is 4.74 Å². The first-order valence-electron chi connectivity index (χ1n) is 5.72. The van der Waals surface area contributed by atoms with Gasteiger partial charge in [0.1, 0.15) is 17.4 Å². The third kappa shape index (κ3) is 2.80. The van der Waals surface area contributed by atoms with Crippen LogP contribution in [0.2, 0.25) is 5.02 Å². The number of fused-ring (bicyclic) bond motifs is 1. The van der Waals surface area contributed by atoms with Crippen LogP contribution in [0.1, 0.15) is 17.3 Å². The lowest BCUT2D eigenvalue weighted by atomic mass is 10.1. The summed E-state index contributed by atoms with van der Waals surface area (Å²) in [6.45, 7) is 1.71. The van der Waals surface area contributed by atoms with E-state index in [4.69, 9.17) is 16.0 Å². The van der Waals surface area contributed by atoms with Gasteiger partial charge in [-0.2, -0.15) is 0 Å². The maximum atomic E-state index is 12.1. The summed E-state index contributed by atoms with van der Waals surface area (Å²) in [6.07, 6.45) is 0.0655. The van der Waals surface area contributed by atoms with E-state index in [9.17, 15) is 14.4 Å². The molecule has 104 valence electrons. The summed E-state index contributed by atoms with van der Waals surface area (Å²) in [4.78, 5) is 35.1. The Morgan fingerprint density at radius 3 is 2.85 bits per heavy atom. The Labute approximate surface area is 118 Å². The number of benzene rings is 1. The highest BCUT2D eigenvalue weighted by Gasteiger charge is 2.17. The molecule has 1 aromatic carbocycles. The average molecular weight is 296 g/mol. The second kappa shape index (κ2) is 5.75. The Balaban J connectivity index is 2.40. The number of rotatable bonds is 2. The van der Waals surface area contributed by atoms with Gasteiger partial charge in [0.15, 0.2) is 0 Å². The van der Waals surface area contributed by atoms with Gasteiger partial charge in [-0.25, -0.2) is 4.79 Å². The van der Waals surface area contributed by atoms with Crippen molar-refractivity contribution in [2.24, 2.45) is 0 Å². The summed E-state index contributed by atoms with van der Waals surface area (Å²) >= 11 is 5.79. The quantitative estimate of drug-likeness (QED) is 0.919. The van der Waals surface area contributed by atoms with Crippen molar-refractivity contribution >= 4 is 34.6 Å². The van der Waals surface area contributed by atoms with E-state index in [0.717, 1.165) is 6.26 Å². The van der Waals surface area contributed by atoms with Gasteiger partial charge in [-0.05, 0) is 25.1 Å². The zero-order chi connectivity index (χ0) is 14.7. The van der Waals surface area contributed by atoms with Crippen molar-refractivity contribution in [1.82, 2.24) is 5.32 Å². The van der Waals surface area contributed by atoms with E-state index < -0.39 is 17.4 Å². The van der Waals surface area contributed by atoms with Gasteiger partial charge in [0.2, 0.25) is 5.43 Å². The molecule has 0 aliphatic heterocycles. The van der Waals surface area contributed by atoms with Crippen LogP contribution >= 0.6 is 11.6 Å². The van der Waals surface area contributed by atoms with Crippen LogP contribution in [-0.4, -0.2) is 18.6 Å². The van der Waals surface area contributed by atoms with Crippen LogP contribution in [0, 0.1) is 0 Å². The Morgan fingerprint density at radius 2 is 2.15 bits per heavy atom. The molecule has 0 atom stereocenters. The molecule has 2 amide bonds. The van der Waals surface area contributed by atoms with E-state index in [-0.39, 0.29) is 17.6 Å². The number of hydrogen-bond donors (Lipinski definition) is 1. The number of imide groups is 1. The Hall–Kier alpha value is -2.34. The SMILES string of the molecule is CCOC(=O)NC(=O)c1coc2ccc(Cl)cc2c1=O. The molecule has 0 aliphatic carbocycles. The molecule has 0 spiro atoms. The van der Waals surface area contributed by atoms with Gasteiger partial charge in [-0.1, -0.05) is 11.6 Å². The normalized spacial score (nSPS) is 10.3. The second-order valence-electron chi connectivity index (χ2n) is 3.79. The summed E-state index contributed by atoms with van der Waals surface area (Å²) in [5, 5.41) is 2.43. The Kier molecular flexibility index (Phi) is 4.05. The minimum absolute atomic E-state index is 0.112. The average Bonchev–Trinajstić information content (AvgIpc) is 2.40. The Bertz CT molecular complexity index is 737. The number of carbonyl (C=O) groups is 2. The fraction of sp³-hybridized carbons (Fsp3) is 0.154. The summed E-state index contributed by atoms with van der Waals surface area (Å²) in [5.74, 6) is -0.890. The molecule has 0 fully saturated rings. The maximum Gasteiger partial charge on any atom is 0.414 e. The number of nitrogens with one attached hydrogen (secondary N) is 1. The highest BCUT2D eigenvalue weighted by molar-refractivity contribution is 6.31. The van der Waals surface area contributed by atoms with Crippen LogP contribution in [0.15, 0.2) is 33.7 Å². The van der Waals surface area contributed by atoms with Gasteiger partial charge in [-0.3, -0.25) is 14.9 Å². The van der Waals surface area contributed by atoms with Gasteiger partial charge < -0.3 is 9.15 Å². The predicted octanol–water partition coefficient (Wildman–Crippen LogP) is 2.33. The van der Waals surface area contributed by atoms with Crippen molar-refractivity contribution in [3.05, 3.63) is 45.3 Å². The van der Waals surface area contributed by atoms with E-state index >= 15 is 0 Å². The van der Waals surface area contributed by atoms with Crippen LogP contribution in [-0.2, 0) is 4.74 Å². The lowest BCUT2D eigenvalue weighted by Crippen LogP contribution is -2.34. The highest BCUT2D eigenvalue weighted by Crippen LogP contribution is 2.17. The second-order valence-corrected chi connectivity index (χ2v) is 4.23. The number of alkyl carbamates (subject to hydrolysis) is 1. The summed E-state index contributed by atoms with van der Waals surface area (Å²) in [5.41, 5.74) is -0.574. The molecular formula is C13H10ClNO5. The number of carbonyl (C=O) groups excluding carboxylic acids is 2. The summed E-state index contributed by atoms with van der Waals surface area (Å²) < 4.78 is 9.73. The lowest BCUT2D eigenvalue weighted by molar-refractivity contribution is 0.0922. The van der Waals surface area contributed by atoms with Crippen molar-refractivity contribution in [3.63, 3.8) is 0 Å². The van der Waals surface area contributed by atoms with Crippen LogP contribution < -0.4 is 10.7 Å². The van der Waals surface area contributed by atoms with Crippen LogP contribution in [0.3, 0.4) is 0 Å². The molecule has 0 radical (unpaired) electrons. The van der Waals surface area contributed by atoms with Crippen LogP contribution in [0.25, 0.3) is 11.0 Å².